The van der Waals surface area contributed by atoms with Gasteiger partial charge in [0, 0.05) is 12.2 Å². The van der Waals surface area contributed by atoms with Gasteiger partial charge in [0.25, 0.3) is 0 Å². The number of nitrogens with two attached hydrogens (primary N) is 1. The zero-order valence-electron chi connectivity index (χ0n) is 11.6. The minimum absolute atomic E-state index is 0.299. The number of nitrogens with zero attached hydrogens (tertiary/aromatic N) is 4. The van der Waals surface area contributed by atoms with Crippen molar-refractivity contribution in [2.24, 2.45) is 0 Å². The van der Waals surface area contributed by atoms with Gasteiger partial charge in [0.2, 0.25) is 5.95 Å². The van der Waals surface area contributed by atoms with Crippen LogP contribution in [0.2, 0.25) is 0 Å². The van der Waals surface area contributed by atoms with E-state index in [0.29, 0.717) is 29.9 Å². The lowest BCUT2D eigenvalue weighted by Crippen LogP contribution is -2.27. The molecule has 0 radical (unpaired) electrons. The first-order valence-corrected chi connectivity index (χ1v) is 6.80. The molecule has 3 rings (SSSR count). The second-order valence-electron chi connectivity index (χ2n) is 5.21. The summed E-state index contributed by atoms with van der Waals surface area (Å²) in [5.74, 6) is 0.512. The molecule has 1 aliphatic carbocycles. The first-order valence-electron chi connectivity index (χ1n) is 6.80. The summed E-state index contributed by atoms with van der Waals surface area (Å²) in [6.45, 7) is 0.368. The molecule has 22 heavy (non-hydrogen) atoms. The topological polar surface area (TPSA) is 67.9 Å². The number of hydrogen-bond donors (Lipinski definition) is 1. The maximum Gasteiger partial charge on any atom is 0.417 e. The Hall–Kier alpha value is -2.38. The number of rotatable bonds is 4. The number of halogens is 3. The number of aromatic nitrogens is 3. The van der Waals surface area contributed by atoms with Crippen molar-refractivity contribution in [2.45, 2.75) is 31.6 Å². The van der Waals surface area contributed by atoms with Gasteiger partial charge in [0.15, 0.2) is 0 Å². The van der Waals surface area contributed by atoms with E-state index in [1.165, 1.54) is 18.5 Å². The maximum atomic E-state index is 12.5. The lowest BCUT2D eigenvalue weighted by atomic mass is 10.2. The molecule has 8 heteroatoms. The van der Waals surface area contributed by atoms with Crippen LogP contribution in [0.3, 0.4) is 0 Å². The fourth-order valence-electron chi connectivity index (χ4n) is 2.09. The molecule has 1 saturated carbocycles. The number of anilines is 2. The van der Waals surface area contributed by atoms with Crippen molar-refractivity contribution in [3.05, 3.63) is 42.0 Å². The second-order valence-corrected chi connectivity index (χ2v) is 5.21. The van der Waals surface area contributed by atoms with Gasteiger partial charge in [0.05, 0.1) is 35.9 Å². The Kier molecular flexibility index (Phi) is 3.59. The fourth-order valence-corrected chi connectivity index (χ4v) is 2.09. The van der Waals surface area contributed by atoms with E-state index in [-0.39, 0.29) is 0 Å². The van der Waals surface area contributed by atoms with Crippen LogP contribution in [0.4, 0.5) is 24.8 Å². The summed E-state index contributed by atoms with van der Waals surface area (Å²) < 4.78 is 37.6. The standard InChI is InChI=1S/C14H14F3N5/c15-14(16,17)9-1-2-11(19-5-9)8-22(12-3-4-12)13-20-6-10(18)7-21-13/h1-2,5-7,12H,3-4,8,18H2. The minimum Gasteiger partial charge on any atom is -0.396 e. The third-order valence-electron chi connectivity index (χ3n) is 3.39. The van der Waals surface area contributed by atoms with E-state index in [4.69, 9.17) is 5.73 Å². The first kappa shape index (κ1) is 14.6. The lowest BCUT2D eigenvalue weighted by molar-refractivity contribution is -0.137. The predicted molar refractivity (Wildman–Crippen MR) is 74.9 cm³/mol. The Morgan fingerprint density at radius 1 is 1.09 bits per heavy atom. The van der Waals surface area contributed by atoms with Crippen LogP contribution in [-0.2, 0) is 12.7 Å². The molecule has 2 N–H and O–H groups in total. The molecule has 0 aliphatic heterocycles. The molecular weight excluding hydrogens is 295 g/mol. The minimum atomic E-state index is -4.37. The van der Waals surface area contributed by atoms with Gasteiger partial charge < -0.3 is 10.6 Å². The van der Waals surface area contributed by atoms with E-state index in [1.54, 1.807) is 0 Å². The van der Waals surface area contributed by atoms with E-state index in [2.05, 4.69) is 15.0 Å². The van der Waals surface area contributed by atoms with Crippen LogP contribution in [0.15, 0.2) is 30.7 Å². The van der Waals surface area contributed by atoms with Crippen LogP contribution in [0.5, 0.6) is 0 Å². The molecule has 1 fully saturated rings. The highest BCUT2D eigenvalue weighted by molar-refractivity contribution is 5.40. The Labute approximate surface area is 125 Å². The zero-order chi connectivity index (χ0) is 15.7. The van der Waals surface area contributed by atoms with Gasteiger partial charge in [-0.25, -0.2) is 9.97 Å². The van der Waals surface area contributed by atoms with Gasteiger partial charge in [-0.05, 0) is 25.0 Å². The molecular formula is C14H14F3N5. The normalized spacial score (nSPS) is 14.9. The Morgan fingerprint density at radius 2 is 1.77 bits per heavy atom. The van der Waals surface area contributed by atoms with Gasteiger partial charge in [0.1, 0.15) is 0 Å². The maximum absolute atomic E-state index is 12.5. The summed E-state index contributed by atoms with van der Waals surface area (Å²) in [5, 5.41) is 0. The molecule has 0 bridgehead atoms. The van der Waals surface area contributed by atoms with E-state index in [1.807, 2.05) is 4.90 Å². The average molecular weight is 309 g/mol. The quantitative estimate of drug-likeness (QED) is 0.940. The molecule has 2 aromatic rings. The molecule has 2 heterocycles. The summed E-state index contributed by atoms with van der Waals surface area (Å²) in [6.07, 6.45) is 1.52. The highest BCUT2D eigenvalue weighted by Gasteiger charge is 2.32. The van der Waals surface area contributed by atoms with Crippen molar-refractivity contribution < 1.29 is 13.2 Å². The SMILES string of the molecule is Nc1cnc(N(Cc2ccc(C(F)(F)F)cn2)C2CC2)nc1. The first-order chi connectivity index (χ1) is 10.4. The van der Waals surface area contributed by atoms with Crippen molar-refractivity contribution in [2.75, 3.05) is 10.6 Å². The van der Waals surface area contributed by atoms with Crippen molar-refractivity contribution >= 4 is 11.6 Å². The van der Waals surface area contributed by atoms with Crippen LogP contribution >= 0.6 is 0 Å². The van der Waals surface area contributed by atoms with Crippen LogP contribution in [0, 0.1) is 0 Å². The summed E-state index contributed by atoms with van der Waals surface area (Å²) in [6, 6.07) is 2.72. The van der Waals surface area contributed by atoms with Crippen molar-refractivity contribution in [3.8, 4) is 0 Å². The van der Waals surface area contributed by atoms with Crippen LogP contribution < -0.4 is 10.6 Å². The average Bonchev–Trinajstić information content (AvgIpc) is 3.30. The highest BCUT2D eigenvalue weighted by Crippen LogP contribution is 2.32. The van der Waals surface area contributed by atoms with Gasteiger partial charge in [-0.15, -0.1) is 0 Å². The molecule has 1 aliphatic rings. The number of alkyl halides is 3. The third-order valence-corrected chi connectivity index (χ3v) is 3.39. The van der Waals surface area contributed by atoms with Crippen molar-refractivity contribution in [3.63, 3.8) is 0 Å². The number of hydrogen-bond acceptors (Lipinski definition) is 5. The van der Waals surface area contributed by atoms with Gasteiger partial charge in [-0.2, -0.15) is 13.2 Å². The van der Waals surface area contributed by atoms with Crippen LogP contribution in [0.25, 0.3) is 0 Å². The summed E-state index contributed by atoms with van der Waals surface area (Å²) in [7, 11) is 0. The highest BCUT2D eigenvalue weighted by atomic mass is 19.4. The van der Waals surface area contributed by atoms with Crippen molar-refractivity contribution in [1.82, 2.24) is 15.0 Å². The van der Waals surface area contributed by atoms with Crippen LogP contribution in [-0.4, -0.2) is 21.0 Å². The number of nitrogen functional groups attached to an aromatic ring is 1. The largest absolute Gasteiger partial charge is 0.417 e. The molecule has 2 aromatic heterocycles. The van der Waals surface area contributed by atoms with Crippen LogP contribution in [0.1, 0.15) is 24.1 Å². The fraction of sp³-hybridized carbons (Fsp3) is 0.357. The zero-order valence-corrected chi connectivity index (χ0v) is 11.6. The van der Waals surface area contributed by atoms with E-state index in [9.17, 15) is 13.2 Å². The Bertz CT molecular complexity index is 635. The molecule has 116 valence electrons. The molecule has 0 aromatic carbocycles. The van der Waals surface area contributed by atoms with Gasteiger partial charge >= 0.3 is 6.18 Å². The molecule has 0 spiro atoms. The molecule has 5 nitrogen and oxygen atoms in total. The van der Waals surface area contributed by atoms with Gasteiger partial charge in [-0.3, -0.25) is 4.98 Å². The summed E-state index contributed by atoms with van der Waals surface area (Å²) in [4.78, 5) is 14.2. The smallest absolute Gasteiger partial charge is 0.396 e. The molecule has 0 unspecified atom stereocenters. The lowest BCUT2D eigenvalue weighted by Gasteiger charge is -2.22. The monoisotopic (exact) mass is 309 g/mol. The Morgan fingerprint density at radius 3 is 2.27 bits per heavy atom. The van der Waals surface area contributed by atoms with Crippen molar-refractivity contribution in [1.29, 1.82) is 0 Å². The Balaban J connectivity index is 1.78. The molecule has 0 amide bonds. The summed E-state index contributed by atoms with van der Waals surface area (Å²) in [5.41, 5.74) is 5.82. The third kappa shape index (κ3) is 3.26. The second kappa shape index (κ2) is 5.43. The van der Waals surface area contributed by atoms with E-state index >= 15 is 0 Å². The van der Waals surface area contributed by atoms with E-state index < -0.39 is 11.7 Å². The van der Waals surface area contributed by atoms with Gasteiger partial charge in [-0.1, -0.05) is 0 Å². The number of pyridine rings is 1. The van der Waals surface area contributed by atoms with E-state index in [0.717, 1.165) is 25.1 Å². The molecule has 0 saturated heterocycles. The predicted octanol–water partition coefficient (Wildman–Crippen LogP) is 2.64. The summed E-state index contributed by atoms with van der Waals surface area (Å²) >= 11 is 0. The molecule has 0 atom stereocenters.